The molecule has 2 aromatic carbocycles. The normalized spacial score (nSPS) is 14.7. The van der Waals surface area contributed by atoms with Gasteiger partial charge in [-0.1, -0.05) is 12.1 Å². The quantitative estimate of drug-likeness (QED) is 0.450. The summed E-state index contributed by atoms with van der Waals surface area (Å²) >= 11 is 0. The number of sulfonamides is 1. The number of amides is 1. The number of carbonyl (C=O) groups excluding carboxylic acids is 3. The molecule has 1 fully saturated rings. The number of benzene rings is 2. The lowest BCUT2D eigenvalue weighted by atomic mass is 10.1. The average Bonchev–Trinajstić information content (AvgIpc) is 3.33. The van der Waals surface area contributed by atoms with Crippen LogP contribution in [-0.2, 0) is 19.6 Å². The summed E-state index contributed by atoms with van der Waals surface area (Å²) in [6.45, 7) is 4.33. The van der Waals surface area contributed by atoms with E-state index in [-0.39, 0.29) is 16.2 Å². The average molecular weight is 488 g/mol. The molecule has 0 spiro atoms. The Kier molecular flexibility index (Phi) is 7.73. The summed E-state index contributed by atoms with van der Waals surface area (Å²) in [6, 6.07) is 10.8. The number of hydrogen-bond acceptors (Lipinski definition) is 7. The lowest BCUT2D eigenvalue weighted by Crippen LogP contribution is -2.31. The third kappa shape index (κ3) is 5.63. The van der Waals surface area contributed by atoms with Gasteiger partial charge in [-0.15, -0.1) is 0 Å². The molecule has 9 nitrogen and oxygen atoms in total. The molecule has 1 saturated heterocycles. The summed E-state index contributed by atoms with van der Waals surface area (Å²) in [7, 11) is -0.946. The molecule has 2 aromatic rings. The second-order valence-corrected chi connectivity index (χ2v) is 10.5. The number of nitrogens with zero attached hydrogens (tertiary/aromatic N) is 2. The summed E-state index contributed by atoms with van der Waals surface area (Å²) in [5.41, 5.74) is 1.50. The van der Waals surface area contributed by atoms with E-state index in [1.807, 2.05) is 4.90 Å². The van der Waals surface area contributed by atoms with Gasteiger partial charge in [0, 0.05) is 38.4 Å². The van der Waals surface area contributed by atoms with Crippen LogP contribution in [0.2, 0.25) is 0 Å². The van der Waals surface area contributed by atoms with Gasteiger partial charge in [0.1, 0.15) is 0 Å². The Labute approximate surface area is 199 Å². The number of ketones is 1. The van der Waals surface area contributed by atoms with Crippen molar-refractivity contribution < 1.29 is 27.5 Å². The van der Waals surface area contributed by atoms with Crippen LogP contribution in [0.25, 0.3) is 0 Å². The van der Waals surface area contributed by atoms with Crippen LogP contribution >= 0.6 is 0 Å². The highest BCUT2D eigenvalue weighted by Gasteiger charge is 2.27. The molecule has 0 bridgehead atoms. The van der Waals surface area contributed by atoms with Crippen molar-refractivity contribution in [3.05, 3.63) is 53.6 Å². The van der Waals surface area contributed by atoms with E-state index < -0.39 is 28.0 Å². The van der Waals surface area contributed by atoms with Gasteiger partial charge in [0.25, 0.3) is 5.91 Å². The van der Waals surface area contributed by atoms with Gasteiger partial charge in [-0.25, -0.2) is 17.5 Å². The highest BCUT2D eigenvalue weighted by Crippen LogP contribution is 2.29. The molecule has 1 aliphatic heterocycles. The van der Waals surface area contributed by atoms with Gasteiger partial charge in [-0.2, -0.15) is 0 Å². The van der Waals surface area contributed by atoms with Crippen LogP contribution in [0, 0.1) is 0 Å². The topological polar surface area (TPSA) is 113 Å². The molecule has 0 saturated carbocycles. The molecule has 1 unspecified atom stereocenters. The van der Waals surface area contributed by atoms with Crippen LogP contribution in [0.4, 0.5) is 11.4 Å². The minimum Gasteiger partial charge on any atom is -0.449 e. The Bertz CT molecular complexity index is 1200. The highest BCUT2D eigenvalue weighted by molar-refractivity contribution is 7.89. The standard InChI is InChI=1S/C24H29N3O6S/c1-16(28)18-8-7-9-19(14-18)25-23(29)17(2)33-24(30)21-15-20(34(31,32)26(3)4)10-11-22(21)27-12-5-6-13-27/h7-11,14-15,17H,5-6,12-13H2,1-4H3,(H,25,29). The fourth-order valence-electron chi connectivity index (χ4n) is 3.62. The van der Waals surface area contributed by atoms with Gasteiger partial charge in [-0.05, 0) is 57.0 Å². The molecular formula is C24H29N3O6S. The van der Waals surface area contributed by atoms with Gasteiger partial charge >= 0.3 is 5.97 Å². The number of ether oxygens (including phenoxy) is 1. The number of rotatable bonds is 8. The first kappa shape index (κ1) is 25.4. The number of esters is 1. The van der Waals surface area contributed by atoms with Crippen molar-refractivity contribution in [1.29, 1.82) is 0 Å². The van der Waals surface area contributed by atoms with Crippen molar-refractivity contribution in [2.75, 3.05) is 37.4 Å². The Balaban J connectivity index is 1.83. The minimum absolute atomic E-state index is 0.0365. The minimum atomic E-state index is -3.77. The Hall–Kier alpha value is -3.24. The number of hydrogen-bond donors (Lipinski definition) is 1. The molecule has 1 N–H and O–H groups in total. The fraction of sp³-hybridized carbons (Fsp3) is 0.375. The van der Waals surface area contributed by atoms with Crippen LogP contribution in [0.5, 0.6) is 0 Å². The predicted octanol–water partition coefficient (Wildman–Crippen LogP) is 2.92. The van der Waals surface area contributed by atoms with Crippen molar-refractivity contribution in [1.82, 2.24) is 4.31 Å². The molecule has 0 aromatic heterocycles. The first-order valence-electron chi connectivity index (χ1n) is 10.9. The first-order valence-corrected chi connectivity index (χ1v) is 12.4. The largest absolute Gasteiger partial charge is 0.449 e. The Morgan fingerprint density at radius 3 is 2.35 bits per heavy atom. The molecule has 34 heavy (non-hydrogen) atoms. The molecule has 1 aliphatic rings. The predicted molar refractivity (Wildman–Crippen MR) is 129 cm³/mol. The number of anilines is 2. The van der Waals surface area contributed by atoms with E-state index in [0.717, 1.165) is 30.2 Å². The summed E-state index contributed by atoms with van der Waals surface area (Å²) in [4.78, 5) is 39.3. The van der Waals surface area contributed by atoms with Crippen LogP contribution in [0.1, 0.15) is 47.4 Å². The third-order valence-electron chi connectivity index (χ3n) is 5.60. The molecule has 1 heterocycles. The molecule has 0 radical (unpaired) electrons. The lowest BCUT2D eigenvalue weighted by molar-refractivity contribution is -0.123. The fourth-order valence-corrected chi connectivity index (χ4v) is 4.55. The Morgan fingerprint density at radius 2 is 1.74 bits per heavy atom. The van der Waals surface area contributed by atoms with Crippen LogP contribution in [0.3, 0.4) is 0 Å². The van der Waals surface area contributed by atoms with Crippen LogP contribution in [-0.4, -0.2) is 63.7 Å². The second kappa shape index (κ2) is 10.4. The summed E-state index contributed by atoms with van der Waals surface area (Å²) < 4.78 is 31.7. The SMILES string of the molecule is CC(=O)c1cccc(NC(=O)C(C)OC(=O)c2cc(S(=O)(=O)N(C)C)ccc2N2CCCC2)c1. The zero-order chi connectivity index (χ0) is 25.0. The lowest BCUT2D eigenvalue weighted by Gasteiger charge is -2.23. The maximum absolute atomic E-state index is 13.1. The summed E-state index contributed by atoms with van der Waals surface area (Å²) in [6.07, 6.45) is 0.767. The second-order valence-electron chi connectivity index (χ2n) is 8.33. The molecule has 10 heteroatoms. The number of nitrogens with one attached hydrogen (secondary N) is 1. The van der Waals surface area contributed by atoms with E-state index in [1.165, 1.54) is 46.1 Å². The zero-order valence-electron chi connectivity index (χ0n) is 19.7. The van der Waals surface area contributed by atoms with Crippen molar-refractivity contribution in [2.45, 2.75) is 37.7 Å². The van der Waals surface area contributed by atoms with Gasteiger partial charge in [0.05, 0.1) is 16.1 Å². The first-order chi connectivity index (χ1) is 16.0. The summed E-state index contributed by atoms with van der Waals surface area (Å²) in [5.74, 6) is -1.51. The van der Waals surface area contributed by atoms with Crippen LogP contribution < -0.4 is 10.2 Å². The number of carbonyl (C=O) groups is 3. The van der Waals surface area contributed by atoms with Crippen LogP contribution in [0.15, 0.2) is 47.4 Å². The Morgan fingerprint density at radius 1 is 1.06 bits per heavy atom. The van der Waals surface area contributed by atoms with Gasteiger partial charge in [0.15, 0.2) is 11.9 Å². The van der Waals surface area contributed by atoms with E-state index in [2.05, 4.69) is 5.32 Å². The number of Topliss-reactive ketones (excluding diaryl/α,β-unsaturated/α-hetero) is 1. The summed E-state index contributed by atoms with van der Waals surface area (Å²) in [5, 5.41) is 2.63. The van der Waals surface area contributed by atoms with Crippen molar-refractivity contribution in [3.8, 4) is 0 Å². The van der Waals surface area contributed by atoms with Gasteiger partial charge < -0.3 is 15.0 Å². The van der Waals surface area contributed by atoms with Crippen molar-refractivity contribution in [3.63, 3.8) is 0 Å². The molecule has 3 rings (SSSR count). The molecule has 1 amide bonds. The van der Waals surface area contributed by atoms with E-state index in [0.29, 0.717) is 16.9 Å². The molecule has 1 atom stereocenters. The van der Waals surface area contributed by atoms with E-state index >= 15 is 0 Å². The monoisotopic (exact) mass is 487 g/mol. The third-order valence-corrected chi connectivity index (χ3v) is 7.41. The van der Waals surface area contributed by atoms with Gasteiger partial charge in [-0.3, -0.25) is 9.59 Å². The molecular weight excluding hydrogens is 458 g/mol. The van der Waals surface area contributed by atoms with Crippen molar-refractivity contribution in [2.24, 2.45) is 0 Å². The van der Waals surface area contributed by atoms with Crippen molar-refractivity contribution >= 4 is 39.1 Å². The van der Waals surface area contributed by atoms with E-state index in [9.17, 15) is 22.8 Å². The van der Waals surface area contributed by atoms with E-state index in [1.54, 1.807) is 24.3 Å². The van der Waals surface area contributed by atoms with Gasteiger partial charge in [0.2, 0.25) is 10.0 Å². The molecule has 0 aliphatic carbocycles. The zero-order valence-corrected chi connectivity index (χ0v) is 20.5. The highest BCUT2D eigenvalue weighted by atomic mass is 32.2. The maximum atomic E-state index is 13.1. The smallest absolute Gasteiger partial charge is 0.341 e. The molecule has 182 valence electrons. The van der Waals surface area contributed by atoms with E-state index in [4.69, 9.17) is 4.74 Å². The maximum Gasteiger partial charge on any atom is 0.341 e.